The van der Waals surface area contributed by atoms with Crippen LogP contribution in [0.15, 0.2) is 18.2 Å². The summed E-state index contributed by atoms with van der Waals surface area (Å²) in [6, 6.07) is 5.95. The van der Waals surface area contributed by atoms with Crippen LogP contribution in [0.4, 0.5) is 5.69 Å². The number of benzene rings is 1. The van der Waals surface area contributed by atoms with Gasteiger partial charge in [0, 0.05) is 12.2 Å². The lowest BCUT2D eigenvalue weighted by molar-refractivity contribution is -0.881. The molecule has 0 aliphatic carbocycles. The first-order valence-electron chi connectivity index (χ1n) is 7.43. The van der Waals surface area contributed by atoms with Crippen molar-refractivity contribution in [3.8, 4) is 0 Å². The van der Waals surface area contributed by atoms with Crippen LogP contribution in [0.25, 0.3) is 0 Å². The van der Waals surface area contributed by atoms with Crippen LogP contribution in [-0.2, 0) is 9.59 Å². The summed E-state index contributed by atoms with van der Waals surface area (Å²) >= 11 is 0. The Balaban J connectivity index is 2.56. The third-order valence-corrected chi connectivity index (χ3v) is 3.20. The number of nitrogens with one attached hydrogen (secondary N) is 3. The quantitative estimate of drug-likeness (QED) is 0.676. The first kappa shape index (κ1) is 17.2. The molecule has 2 amide bonds. The van der Waals surface area contributed by atoms with Gasteiger partial charge in [-0.1, -0.05) is 6.07 Å². The Morgan fingerprint density at radius 2 is 1.57 bits per heavy atom. The lowest BCUT2D eigenvalue weighted by Crippen LogP contribution is -3.14. The first-order chi connectivity index (χ1) is 9.94. The lowest BCUT2D eigenvalue weighted by Gasteiger charge is -2.17. The molecule has 21 heavy (non-hydrogen) atoms. The van der Waals surface area contributed by atoms with Gasteiger partial charge in [0.15, 0.2) is 13.1 Å². The summed E-state index contributed by atoms with van der Waals surface area (Å²) in [6.07, 6.45) is 0. The van der Waals surface area contributed by atoms with Gasteiger partial charge in [0.25, 0.3) is 11.8 Å². The van der Waals surface area contributed by atoms with Crippen molar-refractivity contribution < 1.29 is 14.5 Å². The average Bonchev–Trinajstić information content (AvgIpc) is 2.36. The summed E-state index contributed by atoms with van der Waals surface area (Å²) < 4.78 is 0. The van der Waals surface area contributed by atoms with Crippen molar-refractivity contribution in [2.75, 3.05) is 31.5 Å². The van der Waals surface area contributed by atoms with Crippen molar-refractivity contribution in [2.24, 2.45) is 0 Å². The van der Waals surface area contributed by atoms with Crippen molar-refractivity contribution in [2.45, 2.75) is 27.7 Å². The average molecular weight is 292 g/mol. The Morgan fingerprint density at radius 1 is 1.00 bits per heavy atom. The molecule has 116 valence electrons. The van der Waals surface area contributed by atoms with E-state index in [1.165, 1.54) is 0 Å². The Bertz CT molecular complexity index is 480. The molecule has 0 saturated carbocycles. The van der Waals surface area contributed by atoms with Gasteiger partial charge in [-0.2, -0.15) is 0 Å². The summed E-state index contributed by atoms with van der Waals surface area (Å²) in [7, 11) is 0. The predicted octanol–water partition coefficient (Wildman–Crippen LogP) is 0.283. The fourth-order valence-corrected chi connectivity index (χ4v) is 2.28. The van der Waals surface area contributed by atoms with Crippen LogP contribution < -0.4 is 15.5 Å². The highest BCUT2D eigenvalue weighted by molar-refractivity contribution is 5.91. The largest absolute Gasteiger partial charge is 0.351 e. The number of rotatable bonds is 7. The van der Waals surface area contributed by atoms with E-state index in [4.69, 9.17) is 0 Å². The number of likely N-dealkylation sites (N-methyl/N-ethyl adjacent to an activating group) is 2. The smallest absolute Gasteiger partial charge is 0.279 e. The zero-order valence-corrected chi connectivity index (χ0v) is 13.4. The molecule has 0 heterocycles. The highest BCUT2D eigenvalue weighted by atomic mass is 16.2. The number of carbonyl (C=O) groups is 2. The van der Waals surface area contributed by atoms with Gasteiger partial charge in [0.1, 0.15) is 0 Å². The summed E-state index contributed by atoms with van der Waals surface area (Å²) in [6.45, 7) is 9.82. The molecule has 0 aromatic heterocycles. The summed E-state index contributed by atoms with van der Waals surface area (Å²) in [5.74, 6) is -0.0882. The minimum absolute atomic E-state index is 0.0199. The summed E-state index contributed by atoms with van der Waals surface area (Å²) in [5, 5.41) is 5.66. The van der Waals surface area contributed by atoms with Crippen molar-refractivity contribution in [1.29, 1.82) is 0 Å². The van der Waals surface area contributed by atoms with Crippen LogP contribution >= 0.6 is 0 Å². The molecule has 0 spiro atoms. The minimum atomic E-state index is -0.0684. The fourth-order valence-electron chi connectivity index (χ4n) is 2.28. The fraction of sp³-hybridized carbons (Fsp3) is 0.500. The topological polar surface area (TPSA) is 62.6 Å². The van der Waals surface area contributed by atoms with Crippen LogP contribution in [0.5, 0.6) is 0 Å². The van der Waals surface area contributed by atoms with Gasteiger partial charge < -0.3 is 15.5 Å². The maximum absolute atomic E-state index is 12.1. The highest BCUT2D eigenvalue weighted by Gasteiger charge is 2.16. The molecule has 0 fully saturated rings. The van der Waals surface area contributed by atoms with Gasteiger partial charge in [-0.3, -0.25) is 9.59 Å². The van der Waals surface area contributed by atoms with Gasteiger partial charge >= 0.3 is 0 Å². The molecule has 3 N–H and O–H groups in total. The Labute approximate surface area is 126 Å². The molecule has 0 aliphatic rings. The van der Waals surface area contributed by atoms with Crippen molar-refractivity contribution in [3.63, 3.8) is 0 Å². The molecule has 1 aromatic rings. The van der Waals surface area contributed by atoms with Crippen molar-refractivity contribution in [1.82, 2.24) is 5.32 Å². The number of hydrogen-bond acceptors (Lipinski definition) is 2. The number of amides is 2. The van der Waals surface area contributed by atoms with E-state index in [2.05, 4.69) is 16.7 Å². The maximum atomic E-state index is 12.1. The number of aryl methyl sites for hydroxylation is 2. The molecule has 5 nitrogen and oxygen atoms in total. The van der Waals surface area contributed by atoms with Crippen LogP contribution in [0.2, 0.25) is 0 Å². The minimum Gasteiger partial charge on any atom is -0.351 e. The molecular weight excluding hydrogens is 266 g/mol. The van der Waals surface area contributed by atoms with E-state index in [0.29, 0.717) is 19.6 Å². The monoisotopic (exact) mass is 292 g/mol. The molecule has 1 rings (SSSR count). The third-order valence-electron chi connectivity index (χ3n) is 3.20. The second kappa shape index (κ2) is 8.42. The van der Waals surface area contributed by atoms with E-state index in [-0.39, 0.29) is 11.8 Å². The van der Waals surface area contributed by atoms with Gasteiger partial charge in [-0.05, 0) is 51.0 Å². The van der Waals surface area contributed by atoms with Gasteiger partial charge in [-0.15, -0.1) is 0 Å². The second-order valence-corrected chi connectivity index (χ2v) is 5.34. The molecule has 0 bridgehead atoms. The second-order valence-electron chi connectivity index (χ2n) is 5.34. The summed E-state index contributed by atoms with van der Waals surface area (Å²) in [4.78, 5) is 24.6. The number of anilines is 1. The van der Waals surface area contributed by atoms with E-state index >= 15 is 0 Å². The van der Waals surface area contributed by atoms with E-state index in [1.54, 1.807) is 0 Å². The molecule has 0 radical (unpaired) electrons. The van der Waals surface area contributed by atoms with Gasteiger partial charge in [-0.25, -0.2) is 0 Å². The first-order valence-corrected chi connectivity index (χ1v) is 7.43. The highest BCUT2D eigenvalue weighted by Crippen LogP contribution is 2.13. The van der Waals surface area contributed by atoms with Gasteiger partial charge in [0.05, 0.1) is 6.54 Å². The molecular formula is C16H26N3O2+. The normalized spacial score (nSPS) is 11.8. The standard InChI is InChI=1S/C16H25N3O2/c1-5-17-15(20)10-19(6-2)11-16(21)18-14-8-12(3)7-13(4)9-14/h7-9H,5-6,10-11H2,1-4H3,(H,17,20)(H,18,21)/p+1. The van der Waals surface area contributed by atoms with Crippen LogP contribution in [0, 0.1) is 13.8 Å². The van der Waals surface area contributed by atoms with Crippen LogP contribution in [0.1, 0.15) is 25.0 Å². The lowest BCUT2D eigenvalue weighted by atomic mass is 10.1. The van der Waals surface area contributed by atoms with E-state index in [0.717, 1.165) is 28.3 Å². The molecule has 0 saturated heterocycles. The Hall–Kier alpha value is -1.88. The zero-order chi connectivity index (χ0) is 15.8. The SMILES string of the molecule is CCNC(=O)C[NH+](CC)CC(=O)Nc1cc(C)cc(C)c1. The molecule has 5 heteroatoms. The van der Waals surface area contributed by atoms with Crippen LogP contribution in [-0.4, -0.2) is 38.0 Å². The third kappa shape index (κ3) is 6.40. The predicted molar refractivity (Wildman–Crippen MR) is 84.5 cm³/mol. The summed E-state index contributed by atoms with van der Waals surface area (Å²) in [5.41, 5.74) is 3.05. The van der Waals surface area contributed by atoms with Crippen molar-refractivity contribution in [3.05, 3.63) is 29.3 Å². The van der Waals surface area contributed by atoms with E-state index in [1.807, 2.05) is 39.8 Å². The maximum Gasteiger partial charge on any atom is 0.279 e. The molecule has 1 aromatic carbocycles. The number of quaternary nitrogens is 1. The molecule has 0 aliphatic heterocycles. The van der Waals surface area contributed by atoms with E-state index < -0.39 is 0 Å². The molecule has 1 unspecified atom stereocenters. The Kier molecular flexibility index (Phi) is 6.88. The van der Waals surface area contributed by atoms with Crippen molar-refractivity contribution >= 4 is 17.5 Å². The van der Waals surface area contributed by atoms with Crippen LogP contribution in [0.3, 0.4) is 0 Å². The number of hydrogen-bond donors (Lipinski definition) is 3. The zero-order valence-electron chi connectivity index (χ0n) is 13.4. The number of carbonyl (C=O) groups excluding carboxylic acids is 2. The van der Waals surface area contributed by atoms with E-state index in [9.17, 15) is 9.59 Å². The van der Waals surface area contributed by atoms with Gasteiger partial charge in [0.2, 0.25) is 0 Å². The Morgan fingerprint density at radius 3 is 2.10 bits per heavy atom. The molecule has 1 atom stereocenters.